The summed E-state index contributed by atoms with van der Waals surface area (Å²) < 4.78 is 9.49. The van der Waals surface area contributed by atoms with E-state index in [0.29, 0.717) is 24.3 Å². The van der Waals surface area contributed by atoms with Gasteiger partial charge in [0, 0.05) is 43.6 Å². The molecule has 0 amide bonds. The number of hydrogen-bond acceptors (Lipinski definition) is 8. The molecule has 0 aliphatic heterocycles. The molecule has 0 aromatic carbocycles. The van der Waals surface area contributed by atoms with Crippen molar-refractivity contribution in [3.63, 3.8) is 0 Å². The molecule has 0 saturated heterocycles. The van der Waals surface area contributed by atoms with Crippen LogP contribution in [0.15, 0.2) is 18.6 Å². The van der Waals surface area contributed by atoms with E-state index in [9.17, 15) is 9.59 Å². The molecular weight excluding hydrogens is 496 g/mol. The molecule has 156 valence electrons. The van der Waals surface area contributed by atoms with Crippen LogP contribution < -0.4 is 0 Å². The van der Waals surface area contributed by atoms with Gasteiger partial charge in [-0.25, -0.2) is 19.9 Å². The van der Waals surface area contributed by atoms with E-state index < -0.39 is 0 Å². The molecular formula is C17H21Cl3N4O4Zn. The molecule has 0 bridgehead atoms. The van der Waals surface area contributed by atoms with Crippen molar-refractivity contribution in [2.24, 2.45) is 0 Å². The summed E-state index contributed by atoms with van der Waals surface area (Å²) in [4.78, 5) is 37.0. The Kier molecular flexibility index (Phi) is 16.8. The number of esters is 2. The molecule has 12 heteroatoms. The van der Waals surface area contributed by atoms with Crippen LogP contribution in [0.1, 0.15) is 32.4 Å². The molecule has 0 saturated carbocycles. The first-order valence-corrected chi connectivity index (χ1v) is 8.93. The fourth-order valence-electron chi connectivity index (χ4n) is 1.66. The number of nitrogens with zero attached hydrogens (tertiary/aromatic N) is 4. The maximum atomic E-state index is 11.1. The Hall–Kier alpha value is -1.41. The summed E-state index contributed by atoms with van der Waals surface area (Å²) in [5.74, 6) is -0.645. The fraction of sp³-hybridized carbons (Fsp3) is 0.412. The first-order chi connectivity index (χ1) is 12.8. The molecule has 0 N–H and O–H groups in total. The summed E-state index contributed by atoms with van der Waals surface area (Å²) in [6.07, 6.45) is 4.67. The van der Waals surface area contributed by atoms with Gasteiger partial charge >= 0.3 is 11.9 Å². The Bertz CT molecular complexity index is 767. The molecule has 0 fully saturated rings. The van der Waals surface area contributed by atoms with Crippen LogP contribution in [0.3, 0.4) is 0 Å². The van der Waals surface area contributed by atoms with Gasteiger partial charge in [0.25, 0.3) is 0 Å². The van der Waals surface area contributed by atoms with Crippen molar-refractivity contribution in [2.75, 3.05) is 13.2 Å². The summed E-state index contributed by atoms with van der Waals surface area (Å²) in [6, 6.07) is 0. The Morgan fingerprint density at radius 3 is 1.83 bits per heavy atom. The van der Waals surface area contributed by atoms with E-state index in [2.05, 4.69) is 19.9 Å². The Morgan fingerprint density at radius 2 is 1.34 bits per heavy atom. The quantitative estimate of drug-likeness (QED) is 0.247. The third-order valence-corrected chi connectivity index (χ3v) is 3.45. The van der Waals surface area contributed by atoms with Crippen molar-refractivity contribution in [1.82, 2.24) is 19.9 Å². The molecule has 8 nitrogen and oxygen atoms in total. The van der Waals surface area contributed by atoms with Gasteiger partial charge in [-0.3, -0.25) is 9.59 Å². The molecule has 2 aromatic heterocycles. The second kappa shape index (κ2) is 16.4. The zero-order chi connectivity index (χ0) is 20.2. The van der Waals surface area contributed by atoms with Crippen LogP contribution in [0.2, 0.25) is 15.7 Å². The van der Waals surface area contributed by atoms with Crippen molar-refractivity contribution in [2.45, 2.75) is 34.1 Å². The minimum absolute atomic E-state index is 0. The van der Waals surface area contributed by atoms with E-state index in [4.69, 9.17) is 44.3 Å². The Morgan fingerprint density at radius 1 is 0.862 bits per heavy atom. The van der Waals surface area contributed by atoms with Crippen LogP contribution in [0.4, 0.5) is 0 Å². The Balaban J connectivity index is 0. The van der Waals surface area contributed by atoms with Gasteiger partial charge in [-0.05, 0) is 42.6 Å². The fourth-order valence-corrected chi connectivity index (χ4v) is 2.13. The number of ether oxygens (including phenoxy) is 2. The number of carbonyl (C=O) groups is 2. The van der Waals surface area contributed by atoms with Crippen molar-refractivity contribution in [3.8, 4) is 0 Å². The van der Waals surface area contributed by atoms with Crippen LogP contribution in [-0.4, -0.2) is 45.1 Å². The zero-order valence-electron chi connectivity index (χ0n) is 15.3. The maximum absolute atomic E-state index is 11.1. The molecule has 0 atom stereocenters. The van der Waals surface area contributed by atoms with Gasteiger partial charge in [0.2, 0.25) is 10.6 Å². The van der Waals surface area contributed by atoms with Gasteiger partial charge in [-0.1, -0.05) is 19.0 Å². The number of aromatic nitrogens is 4. The average molecular weight is 517 g/mol. The van der Waals surface area contributed by atoms with Gasteiger partial charge in [0.05, 0.1) is 26.1 Å². The number of hydrogen-bond donors (Lipinski definition) is 0. The maximum Gasteiger partial charge on any atom is 0.310 e. The normalized spacial score (nSPS) is 9.14. The summed E-state index contributed by atoms with van der Waals surface area (Å²) in [6.45, 7) is 4.21. The second-order valence-corrected chi connectivity index (χ2v) is 5.81. The average Bonchev–Trinajstić information content (AvgIpc) is 2.60. The van der Waals surface area contributed by atoms with Gasteiger partial charge < -0.3 is 9.47 Å². The van der Waals surface area contributed by atoms with Crippen LogP contribution in [0, 0.1) is 0 Å². The second-order valence-electron chi connectivity index (χ2n) is 4.78. The number of carbonyl (C=O) groups excluding carboxylic acids is 2. The number of rotatable bonds is 6. The monoisotopic (exact) mass is 514 g/mol. The number of halogens is 3. The molecule has 2 heterocycles. The molecule has 0 radical (unpaired) electrons. The van der Waals surface area contributed by atoms with Crippen molar-refractivity contribution in [1.29, 1.82) is 0 Å². The molecule has 0 aliphatic carbocycles. The summed E-state index contributed by atoms with van der Waals surface area (Å²) in [5, 5.41) is 0.410. The van der Waals surface area contributed by atoms with E-state index in [1.54, 1.807) is 13.8 Å². The SMILES string of the molecule is C.CCOC(=O)Cc1cnc(Cl)nc1.CCOC(=O)Cc1cnc(Cl)nc1Cl.[Zn]. The van der Waals surface area contributed by atoms with Crippen molar-refractivity contribution >= 4 is 46.7 Å². The summed E-state index contributed by atoms with van der Waals surface area (Å²) in [5.41, 5.74) is 1.21. The topological polar surface area (TPSA) is 104 Å². The van der Waals surface area contributed by atoms with E-state index >= 15 is 0 Å². The van der Waals surface area contributed by atoms with E-state index in [1.807, 2.05) is 0 Å². The molecule has 0 unspecified atom stereocenters. The van der Waals surface area contributed by atoms with Crippen LogP contribution in [0.25, 0.3) is 0 Å². The molecule has 2 aromatic rings. The van der Waals surface area contributed by atoms with Gasteiger partial charge in [-0.15, -0.1) is 0 Å². The zero-order valence-corrected chi connectivity index (χ0v) is 20.6. The smallest absolute Gasteiger partial charge is 0.310 e. The standard InChI is InChI=1S/C8H8Cl2N2O2.C8H9ClN2O2.CH4.Zn/c1-2-14-6(13)3-5-4-11-8(10)12-7(5)9;1-2-13-7(12)3-6-4-10-8(9)11-5-6;;/h4H,2-3H2,1H3;4-5H,2-3H2,1H3;1H4;. The van der Waals surface area contributed by atoms with E-state index in [1.165, 1.54) is 18.6 Å². The largest absolute Gasteiger partial charge is 0.466 e. The predicted octanol–water partition coefficient (Wildman–Crippen LogP) is 3.76. The van der Waals surface area contributed by atoms with Crippen LogP contribution >= 0.6 is 34.8 Å². The summed E-state index contributed by atoms with van der Waals surface area (Å²) in [7, 11) is 0. The molecule has 2 rings (SSSR count). The molecule has 29 heavy (non-hydrogen) atoms. The van der Waals surface area contributed by atoms with Gasteiger partial charge in [-0.2, -0.15) is 0 Å². The van der Waals surface area contributed by atoms with Crippen molar-refractivity contribution < 1.29 is 38.5 Å². The third kappa shape index (κ3) is 12.7. The van der Waals surface area contributed by atoms with Crippen molar-refractivity contribution in [3.05, 3.63) is 45.4 Å². The minimum atomic E-state index is -0.361. The minimum Gasteiger partial charge on any atom is -0.466 e. The Labute approximate surface area is 197 Å². The van der Waals surface area contributed by atoms with Crippen LogP contribution in [0.5, 0.6) is 0 Å². The first-order valence-electron chi connectivity index (χ1n) is 7.80. The van der Waals surface area contributed by atoms with E-state index in [0.717, 1.165) is 0 Å². The molecule has 0 spiro atoms. The van der Waals surface area contributed by atoms with Crippen LogP contribution in [-0.2, 0) is 51.4 Å². The predicted molar refractivity (Wildman–Crippen MR) is 106 cm³/mol. The van der Waals surface area contributed by atoms with E-state index in [-0.39, 0.29) is 67.4 Å². The first kappa shape index (κ1) is 29.8. The third-order valence-electron chi connectivity index (χ3n) is 2.75. The van der Waals surface area contributed by atoms with Gasteiger partial charge in [0.15, 0.2) is 0 Å². The molecule has 0 aliphatic rings. The van der Waals surface area contributed by atoms with Gasteiger partial charge in [0.1, 0.15) is 5.15 Å². The summed E-state index contributed by atoms with van der Waals surface area (Å²) >= 11 is 16.7.